The Labute approximate surface area is 136 Å². The van der Waals surface area contributed by atoms with E-state index in [0.29, 0.717) is 29.4 Å². The molecule has 3 rings (SSSR count). The lowest BCUT2D eigenvalue weighted by Gasteiger charge is -2.16. The Morgan fingerprint density at radius 2 is 2.08 bits per heavy atom. The van der Waals surface area contributed by atoms with Crippen LogP contribution >= 0.6 is 0 Å². The Morgan fingerprint density at radius 1 is 1.33 bits per heavy atom. The standard InChI is InChI=1S/C16H17N3O5/c1-2-19-14(21)11-4-3-9(7-12(11)17-16(19)24)13(20)18-6-5-10(8-18)15(22)23/h3-4,7,10H,2,5-6,8H2,1H3,(H,17,24)(H,22,23)/t10-/m1/s1. The number of carbonyl (C=O) groups is 2. The van der Waals surface area contributed by atoms with E-state index in [1.165, 1.54) is 23.1 Å². The predicted octanol–water partition coefficient (Wildman–Crippen LogP) is 0.256. The lowest BCUT2D eigenvalue weighted by Crippen LogP contribution is -2.34. The molecule has 0 radical (unpaired) electrons. The Kier molecular flexibility index (Phi) is 3.96. The Hall–Kier alpha value is -2.90. The van der Waals surface area contributed by atoms with Gasteiger partial charge in [-0.3, -0.25) is 19.0 Å². The molecule has 1 amide bonds. The van der Waals surface area contributed by atoms with Crippen molar-refractivity contribution in [2.75, 3.05) is 13.1 Å². The second-order valence-corrected chi connectivity index (χ2v) is 5.81. The second kappa shape index (κ2) is 5.95. The average Bonchev–Trinajstić information content (AvgIpc) is 3.04. The maximum absolute atomic E-state index is 12.5. The van der Waals surface area contributed by atoms with Gasteiger partial charge in [0, 0.05) is 25.2 Å². The lowest BCUT2D eigenvalue weighted by molar-refractivity contribution is -0.141. The molecule has 0 saturated carbocycles. The fourth-order valence-electron chi connectivity index (χ4n) is 3.00. The summed E-state index contributed by atoms with van der Waals surface area (Å²) in [7, 11) is 0. The van der Waals surface area contributed by atoms with E-state index in [-0.39, 0.29) is 19.0 Å². The van der Waals surface area contributed by atoms with Crippen molar-refractivity contribution in [1.82, 2.24) is 14.5 Å². The smallest absolute Gasteiger partial charge is 0.328 e. The normalized spacial score (nSPS) is 17.4. The fourth-order valence-corrected chi connectivity index (χ4v) is 3.00. The van der Waals surface area contributed by atoms with Gasteiger partial charge in [0.25, 0.3) is 11.5 Å². The van der Waals surface area contributed by atoms with E-state index in [9.17, 15) is 19.2 Å². The highest BCUT2D eigenvalue weighted by atomic mass is 16.4. The number of benzene rings is 1. The minimum Gasteiger partial charge on any atom is -0.481 e. The van der Waals surface area contributed by atoms with Crippen molar-refractivity contribution < 1.29 is 14.7 Å². The summed E-state index contributed by atoms with van der Waals surface area (Å²) in [5.41, 5.74) is -0.304. The van der Waals surface area contributed by atoms with E-state index >= 15 is 0 Å². The summed E-state index contributed by atoms with van der Waals surface area (Å²) in [6.07, 6.45) is 0.423. The molecule has 0 spiro atoms. The van der Waals surface area contributed by atoms with Crippen molar-refractivity contribution in [1.29, 1.82) is 0 Å². The highest BCUT2D eigenvalue weighted by molar-refractivity contribution is 5.98. The van der Waals surface area contributed by atoms with Gasteiger partial charge in [-0.05, 0) is 31.5 Å². The van der Waals surface area contributed by atoms with Crippen LogP contribution in [0, 0.1) is 5.92 Å². The molecular formula is C16H17N3O5. The molecule has 126 valence electrons. The van der Waals surface area contributed by atoms with E-state index in [4.69, 9.17) is 5.11 Å². The van der Waals surface area contributed by atoms with Crippen molar-refractivity contribution >= 4 is 22.8 Å². The number of aliphatic carboxylic acids is 1. The minimum atomic E-state index is -0.909. The van der Waals surface area contributed by atoms with Gasteiger partial charge in [0.15, 0.2) is 0 Å². The van der Waals surface area contributed by atoms with Crippen molar-refractivity contribution in [3.63, 3.8) is 0 Å². The first kappa shape index (κ1) is 16.0. The number of fused-ring (bicyclic) bond motifs is 1. The number of hydrogen-bond donors (Lipinski definition) is 2. The van der Waals surface area contributed by atoms with Gasteiger partial charge in [-0.1, -0.05) is 0 Å². The summed E-state index contributed by atoms with van der Waals surface area (Å²) >= 11 is 0. The third-order valence-electron chi connectivity index (χ3n) is 4.37. The van der Waals surface area contributed by atoms with Crippen LogP contribution in [0.15, 0.2) is 27.8 Å². The first-order chi connectivity index (χ1) is 11.4. The van der Waals surface area contributed by atoms with Gasteiger partial charge in [-0.2, -0.15) is 0 Å². The molecule has 8 heteroatoms. The van der Waals surface area contributed by atoms with Crippen molar-refractivity contribution in [3.05, 3.63) is 44.6 Å². The summed E-state index contributed by atoms with van der Waals surface area (Å²) in [6, 6.07) is 4.50. The summed E-state index contributed by atoms with van der Waals surface area (Å²) in [5, 5.41) is 9.35. The number of rotatable bonds is 3. The highest BCUT2D eigenvalue weighted by Gasteiger charge is 2.31. The van der Waals surface area contributed by atoms with Crippen LogP contribution in [-0.4, -0.2) is 44.5 Å². The number of carbonyl (C=O) groups excluding carboxylic acids is 1. The first-order valence-electron chi connectivity index (χ1n) is 7.71. The summed E-state index contributed by atoms with van der Waals surface area (Å²) in [4.78, 5) is 51.7. The van der Waals surface area contributed by atoms with E-state index in [2.05, 4.69) is 4.98 Å². The molecule has 0 bridgehead atoms. The number of hydrogen-bond acceptors (Lipinski definition) is 4. The Balaban J connectivity index is 1.97. The third-order valence-corrected chi connectivity index (χ3v) is 4.37. The molecule has 1 aromatic carbocycles. The monoisotopic (exact) mass is 331 g/mol. The lowest BCUT2D eigenvalue weighted by atomic mass is 10.1. The maximum atomic E-state index is 12.5. The molecule has 1 fully saturated rings. The van der Waals surface area contributed by atoms with Gasteiger partial charge >= 0.3 is 11.7 Å². The zero-order valence-corrected chi connectivity index (χ0v) is 13.1. The van der Waals surface area contributed by atoms with Gasteiger partial charge in [-0.15, -0.1) is 0 Å². The molecule has 8 nitrogen and oxygen atoms in total. The van der Waals surface area contributed by atoms with E-state index in [0.717, 1.165) is 4.57 Å². The van der Waals surface area contributed by atoms with Crippen LogP contribution < -0.4 is 11.2 Å². The average molecular weight is 331 g/mol. The molecule has 1 aliphatic rings. The topological polar surface area (TPSA) is 112 Å². The second-order valence-electron chi connectivity index (χ2n) is 5.81. The van der Waals surface area contributed by atoms with Crippen molar-refractivity contribution in [2.45, 2.75) is 19.9 Å². The number of aromatic amines is 1. The van der Waals surface area contributed by atoms with Crippen LogP contribution in [0.1, 0.15) is 23.7 Å². The van der Waals surface area contributed by atoms with Crippen LogP contribution in [0.4, 0.5) is 0 Å². The molecule has 1 atom stereocenters. The van der Waals surface area contributed by atoms with E-state index in [1.54, 1.807) is 6.92 Å². The molecule has 2 heterocycles. The molecule has 1 saturated heterocycles. The van der Waals surface area contributed by atoms with Crippen LogP contribution in [0.25, 0.3) is 10.9 Å². The van der Waals surface area contributed by atoms with Gasteiger partial charge in [-0.25, -0.2) is 4.79 Å². The van der Waals surface area contributed by atoms with Gasteiger partial charge in [0.2, 0.25) is 0 Å². The van der Waals surface area contributed by atoms with Crippen LogP contribution in [0.5, 0.6) is 0 Å². The molecule has 1 aliphatic heterocycles. The number of nitrogens with zero attached hydrogens (tertiary/aromatic N) is 2. The maximum Gasteiger partial charge on any atom is 0.328 e. The van der Waals surface area contributed by atoms with Crippen LogP contribution in [-0.2, 0) is 11.3 Å². The zero-order chi connectivity index (χ0) is 17.4. The predicted molar refractivity (Wildman–Crippen MR) is 86.1 cm³/mol. The van der Waals surface area contributed by atoms with Gasteiger partial charge in [0.05, 0.1) is 16.8 Å². The first-order valence-corrected chi connectivity index (χ1v) is 7.71. The summed E-state index contributed by atoms with van der Waals surface area (Å²) in [5.74, 6) is -1.76. The third kappa shape index (κ3) is 2.60. The highest BCUT2D eigenvalue weighted by Crippen LogP contribution is 2.20. The fraction of sp³-hybridized carbons (Fsp3) is 0.375. The molecule has 1 aromatic heterocycles. The largest absolute Gasteiger partial charge is 0.481 e. The summed E-state index contributed by atoms with van der Waals surface area (Å²) in [6.45, 7) is 2.50. The number of H-pyrrole nitrogens is 1. The Bertz CT molecular complexity index is 943. The van der Waals surface area contributed by atoms with E-state index in [1.807, 2.05) is 0 Å². The molecular weight excluding hydrogens is 314 g/mol. The molecule has 0 aliphatic carbocycles. The number of aromatic nitrogens is 2. The number of carboxylic acid groups (broad SMARTS) is 1. The minimum absolute atomic E-state index is 0.167. The van der Waals surface area contributed by atoms with Crippen LogP contribution in [0.3, 0.4) is 0 Å². The van der Waals surface area contributed by atoms with Crippen molar-refractivity contribution in [2.24, 2.45) is 5.92 Å². The number of nitrogens with one attached hydrogen (secondary N) is 1. The number of amides is 1. The number of likely N-dealkylation sites (tertiary alicyclic amines) is 1. The quantitative estimate of drug-likeness (QED) is 0.837. The van der Waals surface area contributed by atoms with E-state index < -0.39 is 23.1 Å². The molecule has 2 aromatic rings. The van der Waals surface area contributed by atoms with Gasteiger partial charge in [0.1, 0.15) is 0 Å². The van der Waals surface area contributed by atoms with Gasteiger partial charge < -0.3 is 15.0 Å². The zero-order valence-electron chi connectivity index (χ0n) is 13.1. The Morgan fingerprint density at radius 3 is 2.71 bits per heavy atom. The molecule has 0 unspecified atom stereocenters. The summed E-state index contributed by atoms with van der Waals surface area (Å²) < 4.78 is 1.09. The molecule has 24 heavy (non-hydrogen) atoms. The number of carboxylic acids is 1. The van der Waals surface area contributed by atoms with Crippen molar-refractivity contribution in [3.8, 4) is 0 Å². The van der Waals surface area contributed by atoms with Crippen LogP contribution in [0.2, 0.25) is 0 Å². The molecule has 2 N–H and O–H groups in total. The SMILES string of the molecule is CCn1c(=O)[nH]c2cc(C(=O)N3CC[C@@H](C(=O)O)C3)ccc2c1=O.